The maximum atomic E-state index is 11.9. The second kappa shape index (κ2) is 2.94. The molecule has 0 saturated carbocycles. The van der Waals surface area contributed by atoms with Crippen LogP contribution < -0.4 is 0 Å². The average Bonchev–Trinajstić information content (AvgIpc) is 1.87. The van der Waals surface area contributed by atoms with E-state index >= 15 is 0 Å². The third-order valence-electron chi connectivity index (χ3n) is 0.836. The summed E-state index contributed by atoms with van der Waals surface area (Å²) in [6, 6.07) is 0. The van der Waals surface area contributed by atoms with Gasteiger partial charge in [-0.3, -0.25) is 0 Å². The van der Waals surface area contributed by atoms with Crippen molar-refractivity contribution < 1.29 is 30.7 Å². The van der Waals surface area contributed by atoms with Crippen LogP contribution in [0.25, 0.3) is 0 Å². The first kappa shape index (κ1) is 10.6. The molecule has 0 aliphatic heterocycles. The molecule has 0 atom stereocenters. The van der Waals surface area contributed by atoms with Crippen molar-refractivity contribution in [2.45, 2.75) is 11.4 Å². The average molecular weight is 196 g/mol. The minimum atomic E-state index is -5.16. The summed E-state index contributed by atoms with van der Waals surface area (Å²) < 4.78 is 69.5. The predicted octanol–water partition coefficient (Wildman–Crippen LogP) is 0.430. The Hall–Kier alpha value is -0.370. The van der Waals surface area contributed by atoms with Crippen molar-refractivity contribution in [3.63, 3.8) is 0 Å². The summed E-state index contributed by atoms with van der Waals surface area (Å²) in [5.74, 6) is 0. The van der Waals surface area contributed by atoms with Gasteiger partial charge in [0.1, 0.15) is 0 Å². The van der Waals surface area contributed by atoms with Gasteiger partial charge in [0.15, 0.2) is 0 Å². The zero-order valence-electron chi connectivity index (χ0n) is 5.18. The lowest BCUT2D eigenvalue weighted by Crippen LogP contribution is -2.43. The van der Waals surface area contributed by atoms with Crippen molar-refractivity contribution >= 4 is 10.7 Å². The first-order valence-electron chi connectivity index (χ1n) is 2.21. The second-order valence-electron chi connectivity index (χ2n) is 1.52. The smallest absolute Gasteiger partial charge is 0.318 e. The van der Waals surface area contributed by atoms with Crippen LogP contribution in [0.2, 0.25) is 0 Å². The lowest BCUT2D eigenvalue weighted by atomic mass is 10.6. The highest BCUT2D eigenvalue weighted by Crippen LogP contribution is 2.34. The second-order valence-corrected chi connectivity index (χ2v) is 2.60. The molecule has 68 valence electrons. The summed E-state index contributed by atoms with van der Waals surface area (Å²) in [6.45, 7) is 0. The maximum absolute atomic E-state index is 11.9. The fourth-order valence-electron chi connectivity index (χ4n) is 0.229. The summed E-state index contributed by atoms with van der Waals surface area (Å²) in [5, 5.41) is -5.16. The predicted molar refractivity (Wildman–Crippen MR) is 27.2 cm³/mol. The van der Waals surface area contributed by atoms with E-state index < -0.39 is 22.1 Å². The van der Waals surface area contributed by atoms with Gasteiger partial charge in [0.05, 0.1) is 0 Å². The van der Waals surface area contributed by atoms with E-state index in [0.29, 0.717) is 0 Å². The van der Waals surface area contributed by atoms with Crippen molar-refractivity contribution in [1.29, 1.82) is 0 Å². The Bertz CT molecular complexity index is 203. The van der Waals surface area contributed by atoms with Crippen molar-refractivity contribution in [3.05, 3.63) is 0 Å². The molecule has 0 aromatic carbocycles. The normalized spacial score (nSPS) is 14.0. The van der Waals surface area contributed by atoms with Crippen molar-refractivity contribution in [2.75, 3.05) is 7.11 Å². The molecule has 11 heavy (non-hydrogen) atoms. The van der Waals surface area contributed by atoms with E-state index in [-0.39, 0.29) is 7.11 Å². The van der Waals surface area contributed by atoms with Crippen molar-refractivity contribution in [1.82, 2.24) is 0 Å². The molecule has 0 aliphatic rings. The molecule has 0 aromatic rings. The molecule has 0 unspecified atom stereocenters. The summed E-state index contributed by atoms with van der Waals surface area (Å²) in [5.41, 5.74) is 0. The SMILES string of the molecule is COC(F)(F)C(F)(F)[SH](=O)=O. The van der Waals surface area contributed by atoms with Gasteiger partial charge in [-0.1, -0.05) is 0 Å². The first-order chi connectivity index (χ1) is 4.75. The van der Waals surface area contributed by atoms with E-state index in [1.807, 2.05) is 0 Å². The quantitative estimate of drug-likeness (QED) is 0.525. The van der Waals surface area contributed by atoms with E-state index in [2.05, 4.69) is 4.74 Å². The minimum Gasteiger partial charge on any atom is -0.318 e. The van der Waals surface area contributed by atoms with Crippen molar-refractivity contribution in [3.8, 4) is 0 Å². The topological polar surface area (TPSA) is 43.4 Å². The Morgan fingerprint density at radius 3 is 1.64 bits per heavy atom. The molecule has 0 N–H and O–H groups in total. The van der Waals surface area contributed by atoms with Gasteiger partial charge >= 0.3 is 11.4 Å². The zero-order valence-corrected chi connectivity index (χ0v) is 6.08. The monoisotopic (exact) mass is 196 g/mol. The summed E-state index contributed by atoms with van der Waals surface area (Å²) >= 11 is 0. The Morgan fingerprint density at radius 1 is 1.18 bits per heavy atom. The van der Waals surface area contributed by atoms with E-state index in [9.17, 15) is 26.0 Å². The maximum Gasteiger partial charge on any atom is 0.434 e. The molecular formula is C3H4F4O3S. The van der Waals surface area contributed by atoms with Crippen LogP contribution in [0.1, 0.15) is 0 Å². The number of alkyl halides is 4. The molecule has 0 aromatic heterocycles. The van der Waals surface area contributed by atoms with Gasteiger partial charge in [0.2, 0.25) is 10.7 Å². The van der Waals surface area contributed by atoms with Gasteiger partial charge in [-0.05, 0) is 0 Å². The molecule has 0 aliphatic carbocycles. The number of methoxy groups -OCH3 is 1. The minimum absolute atomic E-state index is 0.284. The van der Waals surface area contributed by atoms with E-state index in [0.717, 1.165) is 0 Å². The largest absolute Gasteiger partial charge is 0.434 e. The summed E-state index contributed by atoms with van der Waals surface area (Å²) in [6.07, 6.45) is -4.97. The van der Waals surface area contributed by atoms with Crippen LogP contribution in [-0.2, 0) is 15.4 Å². The van der Waals surface area contributed by atoms with Crippen LogP contribution in [0.15, 0.2) is 0 Å². The number of ether oxygens (including phenoxy) is 1. The van der Waals surface area contributed by atoms with Crippen LogP contribution in [0.4, 0.5) is 17.6 Å². The molecule has 0 fully saturated rings. The third-order valence-corrected chi connectivity index (χ3v) is 1.55. The molecule has 0 bridgehead atoms. The lowest BCUT2D eigenvalue weighted by molar-refractivity contribution is -0.304. The highest BCUT2D eigenvalue weighted by Gasteiger charge is 2.60. The highest BCUT2D eigenvalue weighted by atomic mass is 32.2. The third kappa shape index (κ3) is 1.80. The fraction of sp³-hybridized carbons (Fsp3) is 1.00. The van der Waals surface area contributed by atoms with Crippen molar-refractivity contribution in [2.24, 2.45) is 0 Å². The van der Waals surface area contributed by atoms with Gasteiger partial charge in [-0.2, -0.15) is 17.6 Å². The zero-order chi connectivity index (χ0) is 9.28. The van der Waals surface area contributed by atoms with E-state index in [4.69, 9.17) is 0 Å². The number of halogens is 4. The molecule has 3 nitrogen and oxygen atoms in total. The summed E-state index contributed by atoms with van der Waals surface area (Å²) in [4.78, 5) is 0. The van der Waals surface area contributed by atoms with Gasteiger partial charge in [-0.15, -0.1) is 0 Å². The van der Waals surface area contributed by atoms with Crippen LogP contribution in [0.5, 0.6) is 0 Å². The van der Waals surface area contributed by atoms with E-state index in [1.54, 1.807) is 0 Å². The van der Waals surface area contributed by atoms with Crippen LogP contribution in [-0.4, -0.2) is 26.9 Å². The Balaban J connectivity index is 4.82. The number of thiol groups is 1. The van der Waals surface area contributed by atoms with Gasteiger partial charge in [0, 0.05) is 7.11 Å². The Labute approximate surface area is 60.9 Å². The molecule has 0 rings (SSSR count). The number of hydrogen-bond donors (Lipinski definition) is 1. The molecule has 0 saturated heterocycles. The summed E-state index contributed by atoms with van der Waals surface area (Å²) in [7, 11) is -4.26. The standard InChI is InChI=1S/C3H4F4O3S/c1-10-2(4,5)3(6,7)11(8)9/h11H,1H3. The molecule has 0 spiro atoms. The van der Waals surface area contributed by atoms with Gasteiger partial charge in [0.25, 0.3) is 0 Å². The fourth-order valence-corrected chi connectivity index (χ4v) is 0.533. The lowest BCUT2D eigenvalue weighted by Gasteiger charge is -2.18. The molecule has 8 heteroatoms. The van der Waals surface area contributed by atoms with Gasteiger partial charge < -0.3 is 4.74 Å². The van der Waals surface area contributed by atoms with Crippen LogP contribution in [0.3, 0.4) is 0 Å². The van der Waals surface area contributed by atoms with Gasteiger partial charge in [-0.25, -0.2) is 8.42 Å². The Morgan fingerprint density at radius 2 is 1.55 bits per heavy atom. The van der Waals surface area contributed by atoms with Crippen LogP contribution in [0, 0.1) is 0 Å². The molecule has 0 amide bonds. The van der Waals surface area contributed by atoms with E-state index in [1.165, 1.54) is 0 Å². The molecule has 0 heterocycles. The van der Waals surface area contributed by atoms with Crippen LogP contribution >= 0.6 is 0 Å². The Kier molecular flexibility index (Phi) is 2.84. The first-order valence-corrected chi connectivity index (χ1v) is 3.38. The molecule has 0 radical (unpaired) electrons. The molecular weight excluding hydrogens is 192 g/mol. The highest BCUT2D eigenvalue weighted by molar-refractivity contribution is 7.73. The number of hydrogen-bond acceptors (Lipinski definition) is 3. The number of rotatable bonds is 3.